The number of hydrogen-bond donors (Lipinski definition) is 2. The van der Waals surface area contributed by atoms with Crippen LogP contribution < -0.4 is 5.73 Å². The average Bonchev–Trinajstić information content (AvgIpc) is 2.85. The average molecular weight is 248 g/mol. The Bertz CT molecular complexity index is 464. The zero-order valence-electron chi connectivity index (χ0n) is 9.81. The van der Waals surface area contributed by atoms with Gasteiger partial charge in [-0.25, -0.2) is 4.98 Å². The molecule has 0 bridgehead atoms. The van der Waals surface area contributed by atoms with E-state index in [9.17, 15) is 0 Å². The Balaban J connectivity index is 2.12. The molecule has 0 aliphatic carbocycles. The third kappa shape index (κ3) is 3.08. The first kappa shape index (κ1) is 12.1. The van der Waals surface area contributed by atoms with E-state index in [0.29, 0.717) is 6.54 Å². The Morgan fingerprint density at radius 2 is 2.06 bits per heavy atom. The SMILES string of the molecule is CSc1ccc(-c2n[nH]c(CCCN)n2)cc1. The molecule has 0 spiro atoms. The van der Waals surface area contributed by atoms with Crippen LogP contribution in [0.25, 0.3) is 11.4 Å². The van der Waals surface area contributed by atoms with Gasteiger partial charge in [0.1, 0.15) is 5.82 Å². The summed E-state index contributed by atoms with van der Waals surface area (Å²) in [5.41, 5.74) is 6.50. The number of benzene rings is 1. The van der Waals surface area contributed by atoms with Gasteiger partial charge in [-0.2, -0.15) is 5.10 Å². The van der Waals surface area contributed by atoms with Gasteiger partial charge in [-0.05, 0) is 31.4 Å². The number of rotatable bonds is 5. The van der Waals surface area contributed by atoms with Crippen LogP contribution in [0.15, 0.2) is 29.2 Å². The first-order chi connectivity index (χ1) is 8.33. The highest BCUT2D eigenvalue weighted by atomic mass is 32.2. The van der Waals surface area contributed by atoms with Gasteiger partial charge >= 0.3 is 0 Å². The van der Waals surface area contributed by atoms with Crippen LogP contribution in [0.5, 0.6) is 0 Å². The number of nitrogens with two attached hydrogens (primary N) is 1. The molecular formula is C12H16N4S. The predicted octanol–water partition coefficient (Wildman–Crippen LogP) is 2.08. The Morgan fingerprint density at radius 3 is 2.71 bits per heavy atom. The number of hydrogen-bond acceptors (Lipinski definition) is 4. The van der Waals surface area contributed by atoms with Gasteiger partial charge in [-0.15, -0.1) is 11.8 Å². The highest BCUT2D eigenvalue weighted by Crippen LogP contribution is 2.20. The van der Waals surface area contributed by atoms with Crippen molar-refractivity contribution in [2.75, 3.05) is 12.8 Å². The first-order valence-corrected chi connectivity index (χ1v) is 6.81. The summed E-state index contributed by atoms with van der Waals surface area (Å²) in [5, 5.41) is 7.16. The van der Waals surface area contributed by atoms with Crippen LogP contribution in [0.1, 0.15) is 12.2 Å². The minimum absolute atomic E-state index is 0.679. The summed E-state index contributed by atoms with van der Waals surface area (Å²) in [4.78, 5) is 5.69. The maximum atomic E-state index is 5.46. The van der Waals surface area contributed by atoms with Crippen LogP contribution in [0.3, 0.4) is 0 Å². The third-order valence-corrected chi connectivity index (χ3v) is 3.24. The minimum Gasteiger partial charge on any atom is -0.330 e. The van der Waals surface area contributed by atoms with Crippen molar-refractivity contribution in [1.82, 2.24) is 15.2 Å². The lowest BCUT2D eigenvalue weighted by Crippen LogP contribution is -2.01. The van der Waals surface area contributed by atoms with E-state index in [1.54, 1.807) is 11.8 Å². The van der Waals surface area contributed by atoms with Crippen LogP contribution in [0.2, 0.25) is 0 Å². The summed E-state index contributed by atoms with van der Waals surface area (Å²) in [5.74, 6) is 1.66. The fraction of sp³-hybridized carbons (Fsp3) is 0.333. The molecule has 5 heteroatoms. The van der Waals surface area contributed by atoms with Crippen LogP contribution in [-0.4, -0.2) is 28.0 Å². The van der Waals surface area contributed by atoms with Crippen LogP contribution >= 0.6 is 11.8 Å². The molecule has 90 valence electrons. The highest BCUT2D eigenvalue weighted by Gasteiger charge is 2.05. The molecule has 0 aliphatic rings. The molecule has 0 amide bonds. The van der Waals surface area contributed by atoms with Gasteiger partial charge in [0.15, 0.2) is 5.82 Å². The smallest absolute Gasteiger partial charge is 0.181 e. The Morgan fingerprint density at radius 1 is 1.29 bits per heavy atom. The number of thioether (sulfide) groups is 1. The number of aryl methyl sites for hydroxylation is 1. The second kappa shape index (κ2) is 5.84. The normalized spacial score (nSPS) is 10.7. The van der Waals surface area contributed by atoms with E-state index in [-0.39, 0.29) is 0 Å². The molecule has 2 rings (SSSR count). The maximum absolute atomic E-state index is 5.46. The summed E-state index contributed by atoms with van der Waals surface area (Å²) in [7, 11) is 0. The standard InChI is InChI=1S/C12H16N4S/c1-17-10-6-4-9(5-7-10)12-14-11(15-16-12)3-2-8-13/h4-7H,2-3,8,13H2,1H3,(H,14,15,16). The molecule has 17 heavy (non-hydrogen) atoms. The zero-order valence-corrected chi connectivity index (χ0v) is 10.6. The van der Waals surface area contributed by atoms with Crippen molar-refractivity contribution in [3.8, 4) is 11.4 Å². The van der Waals surface area contributed by atoms with E-state index in [1.807, 2.05) is 12.1 Å². The predicted molar refractivity (Wildman–Crippen MR) is 71.0 cm³/mol. The van der Waals surface area contributed by atoms with Crippen LogP contribution in [-0.2, 0) is 6.42 Å². The second-order valence-corrected chi connectivity index (χ2v) is 4.61. The van der Waals surface area contributed by atoms with Crippen LogP contribution in [0, 0.1) is 0 Å². The van der Waals surface area contributed by atoms with E-state index >= 15 is 0 Å². The van der Waals surface area contributed by atoms with Crippen molar-refractivity contribution < 1.29 is 0 Å². The zero-order chi connectivity index (χ0) is 12.1. The molecule has 0 radical (unpaired) electrons. The van der Waals surface area contributed by atoms with Gasteiger partial charge in [-0.3, -0.25) is 5.10 Å². The van der Waals surface area contributed by atoms with Crippen molar-refractivity contribution in [3.63, 3.8) is 0 Å². The molecule has 4 nitrogen and oxygen atoms in total. The van der Waals surface area contributed by atoms with E-state index < -0.39 is 0 Å². The molecule has 3 N–H and O–H groups in total. The van der Waals surface area contributed by atoms with E-state index in [1.165, 1.54) is 4.90 Å². The van der Waals surface area contributed by atoms with E-state index in [4.69, 9.17) is 5.73 Å². The molecule has 0 unspecified atom stereocenters. The van der Waals surface area contributed by atoms with Gasteiger partial charge in [-0.1, -0.05) is 12.1 Å². The summed E-state index contributed by atoms with van der Waals surface area (Å²) < 4.78 is 0. The molecule has 0 atom stereocenters. The quantitative estimate of drug-likeness (QED) is 0.795. The molecule has 0 saturated carbocycles. The van der Waals surface area contributed by atoms with Crippen molar-refractivity contribution in [2.24, 2.45) is 5.73 Å². The topological polar surface area (TPSA) is 67.6 Å². The molecule has 0 saturated heterocycles. The van der Waals surface area contributed by atoms with Gasteiger partial charge in [0.25, 0.3) is 0 Å². The second-order valence-electron chi connectivity index (χ2n) is 3.73. The van der Waals surface area contributed by atoms with Crippen molar-refractivity contribution in [2.45, 2.75) is 17.7 Å². The monoisotopic (exact) mass is 248 g/mol. The van der Waals surface area contributed by atoms with Crippen molar-refractivity contribution in [1.29, 1.82) is 0 Å². The van der Waals surface area contributed by atoms with Crippen molar-refractivity contribution in [3.05, 3.63) is 30.1 Å². The van der Waals surface area contributed by atoms with Gasteiger partial charge in [0, 0.05) is 16.9 Å². The maximum Gasteiger partial charge on any atom is 0.181 e. The third-order valence-electron chi connectivity index (χ3n) is 2.50. The van der Waals surface area contributed by atoms with Gasteiger partial charge in [0.2, 0.25) is 0 Å². The molecule has 1 aromatic carbocycles. The van der Waals surface area contributed by atoms with Gasteiger partial charge in [0.05, 0.1) is 0 Å². The number of nitrogens with zero attached hydrogens (tertiary/aromatic N) is 2. The van der Waals surface area contributed by atoms with Gasteiger partial charge < -0.3 is 5.73 Å². The molecule has 1 heterocycles. The summed E-state index contributed by atoms with van der Waals surface area (Å²) in [6, 6.07) is 8.25. The molecule has 0 aliphatic heterocycles. The fourth-order valence-corrected chi connectivity index (χ4v) is 1.95. The number of aromatic amines is 1. The minimum atomic E-state index is 0.679. The molecular weight excluding hydrogens is 232 g/mol. The summed E-state index contributed by atoms with van der Waals surface area (Å²) in [6.45, 7) is 0.679. The number of aromatic nitrogens is 3. The Hall–Kier alpha value is -1.33. The summed E-state index contributed by atoms with van der Waals surface area (Å²) in [6.07, 6.45) is 3.85. The highest BCUT2D eigenvalue weighted by molar-refractivity contribution is 7.98. The van der Waals surface area contributed by atoms with E-state index in [0.717, 1.165) is 30.1 Å². The lowest BCUT2D eigenvalue weighted by atomic mass is 10.2. The number of H-pyrrole nitrogens is 1. The lowest BCUT2D eigenvalue weighted by molar-refractivity contribution is 0.785. The fourth-order valence-electron chi connectivity index (χ4n) is 1.55. The summed E-state index contributed by atoms with van der Waals surface area (Å²) >= 11 is 1.73. The molecule has 1 aromatic heterocycles. The Kier molecular flexibility index (Phi) is 4.17. The largest absolute Gasteiger partial charge is 0.330 e. The number of nitrogens with one attached hydrogen (secondary N) is 1. The Labute approximate surface area is 105 Å². The lowest BCUT2D eigenvalue weighted by Gasteiger charge is -1.97. The van der Waals surface area contributed by atoms with E-state index in [2.05, 4.69) is 33.6 Å². The first-order valence-electron chi connectivity index (χ1n) is 5.59. The molecule has 0 fully saturated rings. The van der Waals surface area contributed by atoms with Crippen molar-refractivity contribution >= 4 is 11.8 Å². The van der Waals surface area contributed by atoms with Crippen LogP contribution in [0.4, 0.5) is 0 Å². The molecule has 2 aromatic rings.